The van der Waals surface area contributed by atoms with E-state index in [4.69, 9.17) is 4.74 Å². The molecule has 0 radical (unpaired) electrons. The molecule has 6 heteroatoms. The molecule has 0 unspecified atom stereocenters. The number of hydrogen-bond acceptors (Lipinski definition) is 2. The van der Waals surface area contributed by atoms with E-state index >= 15 is 0 Å². The molecule has 0 saturated heterocycles. The summed E-state index contributed by atoms with van der Waals surface area (Å²) in [5, 5.41) is 0. The second kappa shape index (κ2) is 6.55. The summed E-state index contributed by atoms with van der Waals surface area (Å²) < 4.78 is 45.3. The summed E-state index contributed by atoms with van der Waals surface area (Å²) in [6.07, 6.45) is -4.14. The number of halogens is 4. The zero-order valence-corrected chi connectivity index (χ0v) is 11.1. The van der Waals surface area contributed by atoms with Crippen molar-refractivity contribution in [2.24, 2.45) is 0 Å². The Morgan fingerprint density at radius 3 is 2.61 bits per heavy atom. The number of ether oxygens (including phenoxy) is 2. The molecule has 0 saturated carbocycles. The number of rotatable bonds is 4. The first-order valence-electron chi connectivity index (χ1n) is 5.00. The van der Waals surface area contributed by atoms with Gasteiger partial charge in [0, 0.05) is 6.42 Å². The van der Waals surface area contributed by atoms with Crippen molar-refractivity contribution in [2.45, 2.75) is 19.7 Å². The van der Waals surface area contributed by atoms with Gasteiger partial charge >= 0.3 is 6.36 Å². The molecular formula is C12H10BrF3O2. The van der Waals surface area contributed by atoms with Gasteiger partial charge in [0.05, 0.1) is 11.1 Å². The van der Waals surface area contributed by atoms with Gasteiger partial charge in [-0.2, -0.15) is 0 Å². The maximum absolute atomic E-state index is 12.0. The normalized spacial score (nSPS) is 10.5. The van der Waals surface area contributed by atoms with E-state index in [-0.39, 0.29) is 10.2 Å². The summed E-state index contributed by atoms with van der Waals surface area (Å²) in [7, 11) is 0. The molecule has 0 aliphatic rings. The molecule has 0 N–H and O–H groups in total. The molecule has 0 aliphatic carbocycles. The van der Waals surface area contributed by atoms with Crippen LogP contribution in [0.4, 0.5) is 13.2 Å². The third kappa shape index (κ3) is 5.32. The lowest BCUT2D eigenvalue weighted by Gasteiger charge is -2.11. The highest BCUT2D eigenvalue weighted by atomic mass is 79.9. The lowest BCUT2D eigenvalue weighted by molar-refractivity contribution is -0.274. The summed E-state index contributed by atoms with van der Waals surface area (Å²) in [5.41, 5.74) is 0. The molecule has 98 valence electrons. The Balaban J connectivity index is 2.63. The quantitative estimate of drug-likeness (QED) is 0.612. The highest BCUT2D eigenvalue weighted by Gasteiger charge is 2.31. The van der Waals surface area contributed by atoms with Gasteiger partial charge in [-0.25, -0.2) is 0 Å². The summed E-state index contributed by atoms with van der Waals surface area (Å²) in [5.74, 6) is 5.68. The summed E-state index contributed by atoms with van der Waals surface area (Å²) in [4.78, 5) is 0. The second-order valence-electron chi connectivity index (χ2n) is 3.17. The first-order valence-corrected chi connectivity index (χ1v) is 5.79. The molecule has 0 spiro atoms. The number of hydrogen-bond donors (Lipinski definition) is 0. The summed E-state index contributed by atoms with van der Waals surface area (Å²) >= 11 is 2.99. The zero-order chi connectivity index (χ0) is 13.6. The Hall–Kier alpha value is -1.35. The molecule has 0 fully saturated rings. The van der Waals surface area contributed by atoms with E-state index in [2.05, 4.69) is 32.5 Å². The van der Waals surface area contributed by atoms with E-state index in [1.807, 2.05) is 0 Å². The second-order valence-corrected chi connectivity index (χ2v) is 4.02. The van der Waals surface area contributed by atoms with Crippen molar-refractivity contribution in [3.05, 3.63) is 22.7 Å². The fourth-order valence-electron chi connectivity index (χ4n) is 1.12. The van der Waals surface area contributed by atoms with Crippen molar-refractivity contribution in [3.63, 3.8) is 0 Å². The van der Waals surface area contributed by atoms with Crippen molar-refractivity contribution >= 4 is 15.9 Å². The predicted molar refractivity (Wildman–Crippen MR) is 64.4 cm³/mol. The molecule has 18 heavy (non-hydrogen) atoms. The number of alkyl halides is 3. The van der Waals surface area contributed by atoms with Crippen molar-refractivity contribution in [1.82, 2.24) is 0 Å². The SMILES string of the molecule is CC#CCCOc1ccc(OC(F)(F)F)c(Br)c1. The molecule has 1 aromatic rings. The zero-order valence-electron chi connectivity index (χ0n) is 9.47. The van der Waals surface area contributed by atoms with Crippen LogP contribution < -0.4 is 9.47 Å². The molecule has 1 aromatic carbocycles. The third-order valence-corrected chi connectivity index (χ3v) is 2.42. The molecule has 1 rings (SSSR count). The Morgan fingerprint density at radius 1 is 1.33 bits per heavy atom. The highest BCUT2D eigenvalue weighted by Crippen LogP contribution is 2.33. The molecule has 0 atom stereocenters. The molecule has 0 aliphatic heterocycles. The lowest BCUT2D eigenvalue weighted by Crippen LogP contribution is -2.17. The summed E-state index contributed by atoms with van der Waals surface area (Å²) in [6.45, 7) is 2.10. The van der Waals surface area contributed by atoms with E-state index < -0.39 is 6.36 Å². The minimum atomic E-state index is -4.71. The van der Waals surface area contributed by atoms with Crippen LogP contribution in [0.5, 0.6) is 11.5 Å². The number of benzene rings is 1. The predicted octanol–water partition coefficient (Wildman–Crippen LogP) is 4.14. The van der Waals surface area contributed by atoms with Crippen LogP contribution in [-0.2, 0) is 0 Å². The van der Waals surface area contributed by atoms with E-state index in [0.717, 1.165) is 0 Å². The standard InChI is InChI=1S/C12H10BrF3O2/c1-2-3-4-7-17-9-5-6-11(10(13)8-9)18-12(14,15)16/h5-6,8H,4,7H2,1H3. The van der Waals surface area contributed by atoms with Gasteiger partial charge in [-0.3, -0.25) is 0 Å². The van der Waals surface area contributed by atoms with Gasteiger partial charge in [-0.15, -0.1) is 25.0 Å². The van der Waals surface area contributed by atoms with Crippen molar-refractivity contribution in [1.29, 1.82) is 0 Å². The monoisotopic (exact) mass is 322 g/mol. The van der Waals surface area contributed by atoms with Gasteiger partial charge in [0.25, 0.3) is 0 Å². The fraction of sp³-hybridized carbons (Fsp3) is 0.333. The smallest absolute Gasteiger partial charge is 0.493 e. The Kier molecular flexibility index (Phi) is 5.35. The van der Waals surface area contributed by atoms with Crippen LogP contribution >= 0.6 is 15.9 Å². The largest absolute Gasteiger partial charge is 0.573 e. The first-order chi connectivity index (χ1) is 8.42. The molecule has 0 amide bonds. The van der Waals surface area contributed by atoms with Gasteiger partial charge in [-0.1, -0.05) is 0 Å². The average Bonchev–Trinajstić information content (AvgIpc) is 2.26. The summed E-state index contributed by atoms with van der Waals surface area (Å²) in [6, 6.07) is 4.02. The van der Waals surface area contributed by atoms with E-state index in [1.165, 1.54) is 18.2 Å². The Bertz CT molecular complexity index is 461. The van der Waals surface area contributed by atoms with Crippen molar-refractivity contribution in [3.8, 4) is 23.3 Å². The van der Waals surface area contributed by atoms with Crippen LogP contribution in [0, 0.1) is 11.8 Å². The fourth-order valence-corrected chi connectivity index (χ4v) is 1.56. The lowest BCUT2D eigenvalue weighted by atomic mass is 10.3. The molecule has 0 bridgehead atoms. The van der Waals surface area contributed by atoms with Crippen LogP contribution in [-0.4, -0.2) is 13.0 Å². The van der Waals surface area contributed by atoms with Gasteiger partial charge < -0.3 is 9.47 Å². The van der Waals surface area contributed by atoms with Crippen LogP contribution in [0.1, 0.15) is 13.3 Å². The minimum absolute atomic E-state index is 0.180. The molecule has 0 aromatic heterocycles. The van der Waals surface area contributed by atoms with Gasteiger partial charge in [-0.05, 0) is 41.1 Å². The minimum Gasteiger partial charge on any atom is -0.493 e. The van der Waals surface area contributed by atoms with Crippen LogP contribution in [0.25, 0.3) is 0 Å². The Labute approximate surface area is 111 Å². The molecular weight excluding hydrogens is 313 g/mol. The average molecular weight is 323 g/mol. The Morgan fingerprint density at radius 2 is 2.06 bits per heavy atom. The van der Waals surface area contributed by atoms with Gasteiger partial charge in [0.15, 0.2) is 0 Å². The topological polar surface area (TPSA) is 18.5 Å². The van der Waals surface area contributed by atoms with E-state index in [0.29, 0.717) is 18.8 Å². The van der Waals surface area contributed by atoms with Crippen molar-refractivity contribution in [2.75, 3.05) is 6.61 Å². The van der Waals surface area contributed by atoms with Gasteiger partial charge in [0.1, 0.15) is 11.5 Å². The van der Waals surface area contributed by atoms with E-state index in [9.17, 15) is 13.2 Å². The van der Waals surface area contributed by atoms with Crippen LogP contribution in [0.2, 0.25) is 0 Å². The van der Waals surface area contributed by atoms with Crippen LogP contribution in [0.3, 0.4) is 0 Å². The third-order valence-electron chi connectivity index (χ3n) is 1.80. The van der Waals surface area contributed by atoms with E-state index in [1.54, 1.807) is 6.92 Å². The first kappa shape index (κ1) is 14.7. The molecule has 2 nitrogen and oxygen atoms in total. The van der Waals surface area contributed by atoms with Gasteiger partial charge in [0.2, 0.25) is 0 Å². The maximum Gasteiger partial charge on any atom is 0.573 e. The van der Waals surface area contributed by atoms with Crippen molar-refractivity contribution < 1.29 is 22.6 Å². The molecule has 0 heterocycles. The van der Waals surface area contributed by atoms with Crippen LogP contribution in [0.15, 0.2) is 22.7 Å². The highest BCUT2D eigenvalue weighted by molar-refractivity contribution is 9.10. The maximum atomic E-state index is 12.0.